The van der Waals surface area contributed by atoms with Gasteiger partial charge in [0.15, 0.2) is 5.65 Å². The molecule has 102 valence electrons. The van der Waals surface area contributed by atoms with Crippen LogP contribution in [-0.2, 0) is 6.54 Å². The quantitative estimate of drug-likeness (QED) is 0.723. The molecular formula is C14H12Br2N4. The van der Waals surface area contributed by atoms with E-state index in [1.807, 2.05) is 22.9 Å². The van der Waals surface area contributed by atoms with Gasteiger partial charge < -0.3 is 5.32 Å². The Kier molecular flexibility index (Phi) is 3.76. The molecule has 20 heavy (non-hydrogen) atoms. The molecule has 0 bridgehead atoms. The van der Waals surface area contributed by atoms with Gasteiger partial charge in [0.1, 0.15) is 4.60 Å². The topological polar surface area (TPSA) is 42.2 Å². The van der Waals surface area contributed by atoms with Gasteiger partial charge in [-0.1, -0.05) is 6.07 Å². The molecule has 2 aromatic heterocycles. The SMILES string of the molecule is Cc1ccc(Br)c(NCc2cnc3cnc(Br)cn23)c1. The largest absolute Gasteiger partial charge is 0.378 e. The van der Waals surface area contributed by atoms with Crippen LogP contribution in [0.2, 0.25) is 0 Å². The van der Waals surface area contributed by atoms with Crippen molar-refractivity contribution in [2.45, 2.75) is 13.5 Å². The van der Waals surface area contributed by atoms with E-state index in [4.69, 9.17) is 0 Å². The first-order valence-corrected chi connectivity index (χ1v) is 7.69. The molecule has 2 heterocycles. The summed E-state index contributed by atoms with van der Waals surface area (Å²) in [6.45, 7) is 2.77. The second kappa shape index (κ2) is 5.54. The molecule has 3 aromatic rings. The van der Waals surface area contributed by atoms with E-state index in [0.717, 1.165) is 26.1 Å². The Morgan fingerprint density at radius 2 is 2.05 bits per heavy atom. The Balaban J connectivity index is 1.86. The van der Waals surface area contributed by atoms with Gasteiger partial charge >= 0.3 is 0 Å². The minimum atomic E-state index is 0.694. The van der Waals surface area contributed by atoms with Crippen LogP contribution in [0.4, 0.5) is 5.69 Å². The highest BCUT2D eigenvalue weighted by atomic mass is 79.9. The zero-order chi connectivity index (χ0) is 14.1. The smallest absolute Gasteiger partial charge is 0.155 e. The number of benzene rings is 1. The normalized spacial score (nSPS) is 10.9. The van der Waals surface area contributed by atoms with Gasteiger partial charge in [-0.3, -0.25) is 4.40 Å². The molecule has 0 unspecified atom stereocenters. The molecule has 0 aliphatic rings. The van der Waals surface area contributed by atoms with E-state index >= 15 is 0 Å². The lowest BCUT2D eigenvalue weighted by atomic mass is 10.2. The highest BCUT2D eigenvalue weighted by Gasteiger charge is 2.05. The molecule has 0 aliphatic heterocycles. The summed E-state index contributed by atoms with van der Waals surface area (Å²) in [6.07, 6.45) is 5.53. The standard InChI is InChI=1S/C14H12Br2N4/c1-9-2-3-11(15)12(4-9)17-5-10-6-19-14-7-18-13(16)8-20(10)14/h2-4,6-8,17H,5H2,1H3. The third kappa shape index (κ3) is 2.71. The highest BCUT2D eigenvalue weighted by molar-refractivity contribution is 9.10. The van der Waals surface area contributed by atoms with E-state index in [1.54, 1.807) is 6.20 Å². The molecule has 0 radical (unpaired) electrons. The van der Waals surface area contributed by atoms with Gasteiger partial charge in [-0.2, -0.15) is 0 Å². The number of imidazole rings is 1. The lowest BCUT2D eigenvalue weighted by Gasteiger charge is -2.09. The van der Waals surface area contributed by atoms with Gasteiger partial charge in [0.05, 0.1) is 24.6 Å². The van der Waals surface area contributed by atoms with Gasteiger partial charge in [0.2, 0.25) is 0 Å². The minimum Gasteiger partial charge on any atom is -0.378 e. The molecule has 6 heteroatoms. The Hall–Kier alpha value is -1.40. The minimum absolute atomic E-state index is 0.694. The third-order valence-corrected chi connectivity index (χ3v) is 4.12. The van der Waals surface area contributed by atoms with Crippen molar-refractivity contribution in [1.82, 2.24) is 14.4 Å². The fraction of sp³-hybridized carbons (Fsp3) is 0.143. The van der Waals surface area contributed by atoms with Gasteiger partial charge in [-0.15, -0.1) is 0 Å². The number of hydrogen-bond donors (Lipinski definition) is 1. The van der Waals surface area contributed by atoms with Crippen LogP contribution in [0.25, 0.3) is 5.65 Å². The summed E-state index contributed by atoms with van der Waals surface area (Å²) in [5.74, 6) is 0. The predicted octanol–water partition coefficient (Wildman–Crippen LogP) is 4.17. The fourth-order valence-electron chi connectivity index (χ4n) is 2.01. The van der Waals surface area contributed by atoms with Gasteiger partial charge in [-0.25, -0.2) is 9.97 Å². The maximum Gasteiger partial charge on any atom is 0.155 e. The van der Waals surface area contributed by atoms with Crippen LogP contribution in [0.5, 0.6) is 0 Å². The van der Waals surface area contributed by atoms with E-state index < -0.39 is 0 Å². The van der Waals surface area contributed by atoms with Crippen LogP contribution in [0.1, 0.15) is 11.3 Å². The zero-order valence-corrected chi connectivity index (χ0v) is 13.9. The molecule has 4 nitrogen and oxygen atoms in total. The summed E-state index contributed by atoms with van der Waals surface area (Å²) in [5.41, 5.74) is 4.22. The fourth-order valence-corrected chi connectivity index (χ4v) is 2.70. The number of hydrogen-bond acceptors (Lipinski definition) is 3. The Labute approximate surface area is 133 Å². The van der Waals surface area contributed by atoms with Crippen LogP contribution in [0.3, 0.4) is 0 Å². The number of halogens is 2. The van der Waals surface area contributed by atoms with Crippen LogP contribution in [-0.4, -0.2) is 14.4 Å². The average molecular weight is 396 g/mol. The number of aryl methyl sites for hydroxylation is 1. The molecule has 3 rings (SSSR count). The first-order valence-electron chi connectivity index (χ1n) is 6.11. The summed E-state index contributed by atoms with van der Waals surface area (Å²) in [7, 11) is 0. The summed E-state index contributed by atoms with van der Waals surface area (Å²) in [5, 5.41) is 3.42. The number of aromatic nitrogens is 3. The van der Waals surface area contributed by atoms with Crippen LogP contribution < -0.4 is 5.32 Å². The molecule has 0 spiro atoms. The summed E-state index contributed by atoms with van der Waals surface area (Å²) >= 11 is 6.93. The molecule has 0 saturated heterocycles. The van der Waals surface area contributed by atoms with E-state index in [2.05, 4.69) is 66.2 Å². The Morgan fingerprint density at radius 3 is 2.90 bits per heavy atom. The summed E-state index contributed by atoms with van der Waals surface area (Å²) in [4.78, 5) is 8.51. The molecule has 0 fully saturated rings. The number of rotatable bonds is 3. The summed E-state index contributed by atoms with van der Waals surface area (Å²) < 4.78 is 3.87. The van der Waals surface area contributed by atoms with Crippen LogP contribution >= 0.6 is 31.9 Å². The van der Waals surface area contributed by atoms with Crippen molar-refractivity contribution in [2.24, 2.45) is 0 Å². The van der Waals surface area contributed by atoms with E-state index in [1.165, 1.54) is 5.56 Å². The molecule has 0 aliphatic carbocycles. The lowest BCUT2D eigenvalue weighted by Crippen LogP contribution is -2.03. The molecule has 0 atom stereocenters. The third-order valence-electron chi connectivity index (χ3n) is 3.02. The van der Waals surface area contributed by atoms with Crippen molar-refractivity contribution in [3.63, 3.8) is 0 Å². The molecular weight excluding hydrogens is 384 g/mol. The van der Waals surface area contributed by atoms with Crippen molar-refractivity contribution in [1.29, 1.82) is 0 Å². The molecule has 0 saturated carbocycles. The van der Waals surface area contributed by atoms with E-state index in [-0.39, 0.29) is 0 Å². The Morgan fingerprint density at radius 1 is 1.20 bits per heavy atom. The zero-order valence-electron chi connectivity index (χ0n) is 10.8. The maximum atomic E-state index is 4.34. The average Bonchev–Trinajstić information content (AvgIpc) is 2.82. The summed E-state index contributed by atoms with van der Waals surface area (Å²) in [6, 6.07) is 6.24. The highest BCUT2D eigenvalue weighted by Crippen LogP contribution is 2.24. The maximum absolute atomic E-state index is 4.34. The van der Waals surface area contributed by atoms with E-state index in [9.17, 15) is 0 Å². The lowest BCUT2D eigenvalue weighted by molar-refractivity contribution is 0.982. The van der Waals surface area contributed by atoms with Crippen LogP contribution in [0, 0.1) is 6.92 Å². The van der Waals surface area contributed by atoms with Crippen molar-refractivity contribution < 1.29 is 0 Å². The van der Waals surface area contributed by atoms with E-state index in [0.29, 0.717) is 6.54 Å². The van der Waals surface area contributed by atoms with Gasteiger partial charge in [0, 0.05) is 16.4 Å². The number of fused-ring (bicyclic) bond motifs is 1. The number of nitrogens with one attached hydrogen (secondary N) is 1. The number of anilines is 1. The number of nitrogens with zero attached hydrogens (tertiary/aromatic N) is 3. The first-order chi connectivity index (χ1) is 9.63. The van der Waals surface area contributed by atoms with Crippen molar-refractivity contribution in [3.8, 4) is 0 Å². The second-order valence-electron chi connectivity index (χ2n) is 4.52. The van der Waals surface area contributed by atoms with Crippen molar-refractivity contribution in [3.05, 3.63) is 57.1 Å². The predicted molar refractivity (Wildman–Crippen MR) is 86.9 cm³/mol. The van der Waals surface area contributed by atoms with Crippen molar-refractivity contribution >= 4 is 43.2 Å². The van der Waals surface area contributed by atoms with Crippen LogP contribution in [0.15, 0.2) is 45.9 Å². The molecule has 0 amide bonds. The first kappa shape index (κ1) is 13.6. The monoisotopic (exact) mass is 394 g/mol. The van der Waals surface area contributed by atoms with Crippen molar-refractivity contribution in [2.75, 3.05) is 5.32 Å². The van der Waals surface area contributed by atoms with Gasteiger partial charge in [-0.05, 0) is 56.5 Å². The molecule has 1 aromatic carbocycles. The molecule has 1 N–H and O–H groups in total. The van der Waals surface area contributed by atoms with Gasteiger partial charge in [0.25, 0.3) is 0 Å². The second-order valence-corrected chi connectivity index (χ2v) is 6.19. The Bertz CT molecular complexity index is 767.